The third-order valence-electron chi connectivity index (χ3n) is 3.99. The quantitative estimate of drug-likeness (QED) is 0.916. The van der Waals surface area contributed by atoms with Gasteiger partial charge in [-0.1, -0.05) is 12.1 Å². The Labute approximate surface area is 118 Å². The summed E-state index contributed by atoms with van der Waals surface area (Å²) in [5, 5.41) is 8.93. The molecule has 1 aromatic rings. The SMILES string of the molecule is CN(C)C1CCN(Cc2cccc(C(=O)O)c2F)CC1. The van der Waals surface area contributed by atoms with Gasteiger partial charge in [0.05, 0.1) is 5.56 Å². The minimum atomic E-state index is -1.21. The maximum absolute atomic E-state index is 14.1. The summed E-state index contributed by atoms with van der Waals surface area (Å²) in [5.41, 5.74) is 0.221. The number of halogens is 1. The second-order valence-corrected chi connectivity index (χ2v) is 5.55. The van der Waals surface area contributed by atoms with Crippen LogP contribution >= 0.6 is 0 Å². The summed E-state index contributed by atoms with van der Waals surface area (Å²) in [7, 11) is 4.16. The van der Waals surface area contributed by atoms with Gasteiger partial charge >= 0.3 is 5.97 Å². The zero-order valence-electron chi connectivity index (χ0n) is 12.0. The standard InChI is InChI=1S/C15H21FN2O2/c1-17(2)12-6-8-18(9-7-12)10-11-4-3-5-13(14(11)16)15(19)20/h3-5,12H,6-10H2,1-2H3,(H,19,20). The van der Waals surface area contributed by atoms with E-state index in [2.05, 4.69) is 23.9 Å². The van der Waals surface area contributed by atoms with Crippen molar-refractivity contribution < 1.29 is 14.3 Å². The zero-order valence-corrected chi connectivity index (χ0v) is 12.0. The molecule has 110 valence electrons. The monoisotopic (exact) mass is 280 g/mol. The van der Waals surface area contributed by atoms with E-state index in [1.165, 1.54) is 6.07 Å². The molecule has 0 aliphatic carbocycles. The fourth-order valence-electron chi connectivity index (χ4n) is 2.70. The van der Waals surface area contributed by atoms with E-state index in [0.29, 0.717) is 18.2 Å². The van der Waals surface area contributed by atoms with Gasteiger partial charge in [0.1, 0.15) is 5.82 Å². The van der Waals surface area contributed by atoms with Crippen molar-refractivity contribution in [3.05, 3.63) is 35.1 Å². The second kappa shape index (κ2) is 6.33. The molecule has 1 aliphatic heterocycles. The Kier molecular flexibility index (Phi) is 4.73. The molecule has 4 nitrogen and oxygen atoms in total. The van der Waals surface area contributed by atoms with Gasteiger partial charge in [-0.2, -0.15) is 0 Å². The van der Waals surface area contributed by atoms with Crippen LogP contribution in [0, 0.1) is 5.82 Å². The summed E-state index contributed by atoms with van der Waals surface area (Å²) in [6.45, 7) is 2.31. The molecule has 0 amide bonds. The number of nitrogens with zero attached hydrogens (tertiary/aromatic N) is 2. The lowest BCUT2D eigenvalue weighted by atomic mass is 10.0. The number of benzene rings is 1. The fraction of sp³-hybridized carbons (Fsp3) is 0.533. The maximum atomic E-state index is 14.1. The molecule has 0 saturated carbocycles. The minimum absolute atomic E-state index is 0.245. The molecule has 0 aromatic heterocycles. The van der Waals surface area contributed by atoms with Crippen LogP contribution in [-0.4, -0.2) is 54.1 Å². The van der Waals surface area contributed by atoms with Crippen LogP contribution in [0.5, 0.6) is 0 Å². The number of carbonyl (C=O) groups is 1. The van der Waals surface area contributed by atoms with E-state index < -0.39 is 11.8 Å². The molecule has 1 heterocycles. The van der Waals surface area contributed by atoms with Crippen LogP contribution < -0.4 is 0 Å². The second-order valence-electron chi connectivity index (χ2n) is 5.55. The van der Waals surface area contributed by atoms with Crippen LogP contribution in [0.4, 0.5) is 4.39 Å². The van der Waals surface area contributed by atoms with E-state index in [4.69, 9.17) is 5.11 Å². The first-order valence-corrected chi connectivity index (χ1v) is 6.88. The van der Waals surface area contributed by atoms with Crippen LogP contribution in [0.2, 0.25) is 0 Å². The van der Waals surface area contributed by atoms with E-state index in [1.54, 1.807) is 12.1 Å². The topological polar surface area (TPSA) is 43.8 Å². The van der Waals surface area contributed by atoms with Gasteiger partial charge in [-0.05, 0) is 46.1 Å². The Balaban J connectivity index is 2.01. The van der Waals surface area contributed by atoms with Crippen molar-refractivity contribution in [2.75, 3.05) is 27.2 Å². The van der Waals surface area contributed by atoms with Crippen LogP contribution in [0.3, 0.4) is 0 Å². The number of piperidine rings is 1. The summed E-state index contributed by atoms with van der Waals surface area (Å²) >= 11 is 0. The molecule has 0 radical (unpaired) electrons. The first-order valence-electron chi connectivity index (χ1n) is 6.88. The molecule has 1 aliphatic rings. The molecule has 0 bridgehead atoms. The van der Waals surface area contributed by atoms with Crippen molar-refractivity contribution in [3.63, 3.8) is 0 Å². The van der Waals surface area contributed by atoms with Gasteiger partial charge in [0.25, 0.3) is 0 Å². The normalized spacial score (nSPS) is 17.6. The fourth-order valence-corrected chi connectivity index (χ4v) is 2.70. The Morgan fingerprint density at radius 3 is 2.60 bits per heavy atom. The number of carboxylic acids is 1. The molecule has 1 fully saturated rings. The largest absolute Gasteiger partial charge is 0.478 e. The molecule has 20 heavy (non-hydrogen) atoms. The predicted octanol–water partition coefficient (Wildman–Crippen LogP) is 2.05. The zero-order chi connectivity index (χ0) is 14.7. The number of hydrogen-bond acceptors (Lipinski definition) is 3. The van der Waals surface area contributed by atoms with Gasteiger partial charge in [-0.3, -0.25) is 4.90 Å². The predicted molar refractivity (Wildman–Crippen MR) is 75.3 cm³/mol. The average Bonchev–Trinajstić information content (AvgIpc) is 2.41. The van der Waals surface area contributed by atoms with Crippen molar-refractivity contribution in [2.45, 2.75) is 25.4 Å². The Morgan fingerprint density at radius 1 is 1.40 bits per heavy atom. The molecule has 0 spiro atoms. The highest BCUT2D eigenvalue weighted by molar-refractivity contribution is 5.88. The molecular weight excluding hydrogens is 259 g/mol. The Morgan fingerprint density at radius 2 is 2.05 bits per heavy atom. The number of aromatic carboxylic acids is 1. The van der Waals surface area contributed by atoms with Gasteiger partial charge in [0.15, 0.2) is 0 Å². The van der Waals surface area contributed by atoms with Crippen LogP contribution in [-0.2, 0) is 6.54 Å². The minimum Gasteiger partial charge on any atom is -0.478 e. The molecule has 1 saturated heterocycles. The number of rotatable bonds is 4. The highest BCUT2D eigenvalue weighted by Gasteiger charge is 2.22. The summed E-state index contributed by atoms with van der Waals surface area (Å²) in [5.74, 6) is -1.81. The van der Waals surface area contributed by atoms with Crippen molar-refractivity contribution in [2.24, 2.45) is 0 Å². The lowest BCUT2D eigenvalue weighted by Gasteiger charge is -2.35. The molecule has 0 unspecified atom stereocenters. The first kappa shape index (κ1) is 14.9. The van der Waals surface area contributed by atoms with E-state index in [9.17, 15) is 9.18 Å². The highest BCUT2D eigenvalue weighted by Crippen LogP contribution is 2.19. The van der Waals surface area contributed by atoms with Crippen molar-refractivity contribution >= 4 is 5.97 Å². The Hall–Kier alpha value is -1.46. The highest BCUT2D eigenvalue weighted by atomic mass is 19.1. The number of likely N-dealkylation sites (tertiary alicyclic amines) is 1. The molecule has 0 atom stereocenters. The van der Waals surface area contributed by atoms with Gasteiger partial charge in [-0.25, -0.2) is 9.18 Å². The third-order valence-corrected chi connectivity index (χ3v) is 3.99. The van der Waals surface area contributed by atoms with Crippen molar-refractivity contribution in [1.82, 2.24) is 9.80 Å². The smallest absolute Gasteiger partial charge is 0.338 e. The average molecular weight is 280 g/mol. The summed E-state index contributed by atoms with van der Waals surface area (Å²) < 4.78 is 14.1. The van der Waals surface area contributed by atoms with Gasteiger partial charge in [-0.15, -0.1) is 0 Å². The summed E-state index contributed by atoms with van der Waals surface area (Å²) in [6, 6.07) is 5.16. The maximum Gasteiger partial charge on any atom is 0.338 e. The van der Waals surface area contributed by atoms with Crippen LogP contribution in [0.1, 0.15) is 28.8 Å². The van der Waals surface area contributed by atoms with Gasteiger partial charge in [0, 0.05) is 18.2 Å². The van der Waals surface area contributed by atoms with E-state index in [1.807, 2.05) is 0 Å². The molecule has 5 heteroatoms. The van der Waals surface area contributed by atoms with E-state index >= 15 is 0 Å². The van der Waals surface area contributed by atoms with Crippen LogP contribution in [0.15, 0.2) is 18.2 Å². The molecule has 1 N–H and O–H groups in total. The molecule has 2 rings (SSSR count). The van der Waals surface area contributed by atoms with Gasteiger partial charge in [0.2, 0.25) is 0 Å². The van der Waals surface area contributed by atoms with E-state index in [0.717, 1.165) is 25.9 Å². The summed E-state index contributed by atoms with van der Waals surface area (Å²) in [6.07, 6.45) is 2.13. The third kappa shape index (κ3) is 3.35. The Bertz CT molecular complexity index is 483. The number of carboxylic acid groups (broad SMARTS) is 1. The first-order chi connectivity index (χ1) is 9.49. The van der Waals surface area contributed by atoms with Gasteiger partial charge < -0.3 is 10.0 Å². The van der Waals surface area contributed by atoms with Crippen molar-refractivity contribution in [3.8, 4) is 0 Å². The lowest BCUT2D eigenvalue weighted by Crippen LogP contribution is -2.41. The van der Waals surface area contributed by atoms with Crippen LogP contribution in [0.25, 0.3) is 0 Å². The number of hydrogen-bond donors (Lipinski definition) is 1. The lowest BCUT2D eigenvalue weighted by molar-refractivity contribution is 0.0691. The van der Waals surface area contributed by atoms with E-state index in [-0.39, 0.29) is 5.56 Å². The van der Waals surface area contributed by atoms with Crippen molar-refractivity contribution in [1.29, 1.82) is 0 Å². The summed E-state index contributed by atoms with van der Waals surface area (Å²) in [4.78, 5) is 15.3. The molecular formula is C15H21FN2O2. The molecule has 1 aromatic carbocycles.